The second-order valence-corrected chi connectivity index (χ2v) is 5.11. The summed E-state index contributed by atoms with van der Waals surface area (Å²) in [5.41, 5.74) is 2.47. The van der Waals surface area contributed by atoms with Gasteiger partial charge in [-0.2, -0.15) is 0 Å². The van der Waals surface area contributed by atoms with Crippen LogP contribution in [0.25, 0.3) is 0 Å². The van der Waals surface area contributed by atoms with Gasteiger partial charge in [-0.05, 0) is 56.2 Å². The predicted octanol–water partition coefficient (Wildman–Crippen LogP) is 3.80. The number of benzene rings is 1. The van der Waals surface area contributed by atoms with Gasteiger partial charge in [-0.3, -0.25) is 0 Å². The number of nitrogens with one attached hydrogen (secondary N) is 1. The standard InChI is InChI=1S/C16H20N2O/c1-13-4-9-16(19-13)12-17-14-5-7-15(8-6-14)18-10-2-3-11-18/h4-9,17H,2-3,10-12H2,1H3. The number of nitrogens with zero attached hydrogens (tertiary/aromatic N) is 1. The molecule has 0 unspecified atom stereocenters. The number of aryl methyl sites for hydroxylation is 1. The van der Waals surface area contributed by atoms with Crippen molar-refractivity contribution in [2.24, 2.45) is 0 Å². The molecular weight excluding hydrogens is 236 g/mol. The smallest absolute Gasteiger partial charge is 0.123 e. The fraction of sp³-hybridized carbons (Fsp3) is 0.375. The van der Waals surface area contributed by atoms with Gasteiger partial charge in [-0.25, -0.2) is 0 Å². The zero-order valence-electron chi connectivity index (χ0n) is 11.4. The van der Waals surface area contributed by atoms with Crippen LogP contribution < -0.4 is 10.2 Å². The van der Waals surface area contributed by atoms with Crippen LogP contribution in [0.5, 0.6) is 0 Å². The second kappa shape index (κ2) is 5.39. The van der Waals surface area contributed by atoms with Gasteiger partial charge in [-0.1, -0.05) is 0 Å². The molecule has 1 aliphatic heterocycles. The van der Waals surface area contributed by atoms with Crippen molar-refractivity contribution in [3.8, 4) is 0 Å². The molecule has 1 N–H and O–H groups in total. The number of furan rings is 1. The third-order valence-electron chi connectivity index (χ3n) is 3.60. The van der Waals surface area contributed by atoms with Crippen molar-refractivity contribution < 1.29 is 4.42 Å². The lowest BCUT2D eigenvalue weighted by Gasteiger charge is -2.17. The van der Waals surface area contributed by atoms with E-state index in [2.05, 4.69) is 34.5 Å². The maximum atomic E-state index is 5.54. The lowest BCUT2D eigenvalue weighted by Crippen LogP contribution is -2.17. The predicted molar refractivity (Wildman–Crippen MR) is 78.7 cm³/mol. The molecule has 1 saturated heterocycles. The van der Waals surface area contributed by atoms with Gasteiger partial charge < -0.3 is 14.6 Å². The summed E-state index contributed by atoms with van der Waals surface area (Å²) in [5.74, 6) is 1.93. The van der Waals surface area contributed by atoms with Gasteiger partial charge in [0.15, 0.2) is 0 Å². The third kappa shape index (κ3) is 2.92. The molecule has 0 spiro atoms. The highest BCUT2D eigenvalue weighted by molar-refractivity contribution is 5.55. The molecule has 0 amide bonds. The Kier molecular flexibility index (Phi) is 3.45. The normalized spacial score (nSPS) is 14.9. The number of anilines is 2. The highest BCUT2D eigenvalue weighted by atomic mass is 16.3. The quantitative estimate of drug-likeness (QED) is 0.902. The molecule has 1 aromatic heterocycles. The fourth-order valence-electron chi connectivity index (χ4n) is 2.53. The number of hydrogen-bond acceptors (Lipinski definition) is 3. The van der Waals surface area contributed by atoms with Crippen LogP contribution in [0.15, 0.2) is 40.8 Å². The summed E-state index contributed by atoms with van der Waals surface area (Å²) >= 11 is 0. The molecule has 2 heterocycles. The Morgan fingerprint density at radius 3 is 2.42 bits per heavy atom. The van der Waals surface area contributed by atoms with Crippen LogP contribution in [0, 0.1) is 6.92 Å². The van der Waals surface area contributed by atoms with E-state index in [1.54, 1.807) is 0 Å². The van der Waals surface area contributed by atoms with E-state index >= 15 is 0 Å². The molecule has 1 aromatic carbocycles. The van der Waals surface area contributed by atoms with Crippen molar-refractivity contribution in [2.45, 2.75) is 26.3 Å². The van der Waals surface area contributed by atoms with Crippen LogP contribution in [-0.4, -0.2) is 13.1 Å². The van der Waals surface area contributed by atoms with Crippen molar-refractivity contribution >= 4 is 11.4 Å². The van der Waals surface area contributed by atoms with Crippen LogP contribution in [0.4, 0.5) is 11.4 Å². The van der Waals surface area contributed by atoms with E-state index in [1.165, 1.54) is 31.6 Å². The van der Waals surface area contributed by atoms with Gasteiger partial charge in [0.05, 0.1) is 6.54 Å². The summed E-state index contributed by atoms with van der Waals surface area (Å²) in [6.45, 7) is 5.09. The molecule has 0 saturated carbocycles. The summed E-state index contributed by atoms with van der Waals surface area (Å²) in [5, 5.41) is 3.38. The maximum Gasteiger partial charge on any atom is 0.123 e. The first-order chi connectivity index (χ1) is 9.31. The van der Waals surface area contributed by atoms with Crippen LogP contribution in [0.2, 0.25) is 0 Å². The number of rotatable bonds is 4. The van der Waals surface area contributed by atoms with E-state index < -0.39 is 0 Å². The third-order valence-corrected chi connectivity index (χ3v) is 3.60. The zero-order chi connectivity index (χ0) is 13.1. The second-order valence-electron chi connectivity index (χ2n) is 5.11. The first-order valence-corrected chi connectivity index (χ1v) is 6.95. The molecule has 0 atom stereocenters. The van der Waals surface area contributed by atoms with Crippen molar-refractivity contribution in [2.75, 3.05) is 23.3 Å². The minimum Gasteiger partial charge on any atom is -0.465 e. The lowest BCUT2D eigenvalue weighted by atomic mass is 10.2. The average Bonchev–Trinajstić information content (AvgIpc) is 3.08. The lowest BCUT2D eigenvalue weighted by molar-refractivity contribution is 0.490. The summed E-state index contributed by atoms with van der Waals surface area (Å²) in [6.07, 6.45) is 2.63. The van der Waals surface area contributed by atoms with Gasteiger partial charge in [0.1, 0.15) is 11.5 Å². The molecule has 0 bridgehead atoms. The van der Waals surface area contributed by atoms with Crippen molar-refractivity contribution in [1.82, 2.24) is 0 Å². The average molecular weight is 256 g/mol. The monoisotopic (exact) mass is 256 g/mol. The highest BCUT2D eigenvalue weighted by Gasteiger charge is 2.11. The molecule has 19 heavy (non-hydrogen) atoms. The van der Waals surface area contributed by atoms with E-state index in [9.17, 15) is 0 Å². The molecule has 1 aliphatic rings. The molecule has 2 aromatic rings. The Labute approximate surface area is 114 Å². The van der Waals surface area contributed by atoms with Crippen LogP contribution >= 0.6 is 0 Å². The topological polar surface area (TPSA) is 28.4 Å². The first-order valence-electron chi connectivity index (χ1n) is 6.95. The Balaban J connectivity index is 1.59. The van der Waals surface area contributed by atoms with Crippen molar-refractivity contribution in [3.05, 3.63) is 47.9 Å². The van der Waals surface area contributed by atoms with Gasteiger partial charge in [0.25, 0.3) is 0 Å². The van der Waals surface area contributed by atoms with Gasteiger partial charge in [0, 0.05) is 24.5 Å². The molecule has 100 valence electrons. The molecular formula is C16H20N2O. The minimum atomic E-state index is 0.733. The molecule has 3 rings (SSSR count). The SMILES string of the molecule is Cc1ccc(CNc2ccc(N3CCCC3)cc2)o1. The Bertz CT molecular complexity index is 524. The van der Waals surface area contributed by atoms with Gasteiger partial charge in [-0.15, -0.1) is 0 Å². The summed E-state index contributed by atoms with van der Waals surface area (Å²) in [7, 11) is 0. The molecule has 1 fully saturated rings. The molecule has 0 radical (unpaired) electrons. The Morgan fingerprint density at radius 2 is 1.79 bits per heavy atom. The van der Waals surface area contributed by atoms with E-state index in [4.69, 9.17) is 4.42 Å². The fourth-order valence-corrected chi connectivity index (χ4v) is 2.53. The van der Waals surface area contributed by atoms with E-state index in [0.717, 1.165) is 23.8 Å². The maximum absolute atomic E-state index is 5.54. The Morgan fingerprint density at radius 1 is 1.05 bits per heavy atom. The van der Waals surface area contributed by atoms with Crippen LogP contribution in [0.3, 0.4) is 0 Å². The van der Waals surface area contributed by atoms with Crippen LogP contribution in [0.1, 0.15) is 24.4 Å². The van der Waals surface area contributed by atoms with Gasteiger partial charge >= 0.3 is 0 Å². The van der Waals surface area contributed by atoms with E-state index in [0.29, 0.717) is 0 Å². The molecule has 0 aliphatic carbocycles. The number of hydrogen-bond donors (Lipinski definition) is 1. The minimum absolute atomic E-state index is 0.733. The molecule has 3 heteroatoms. The Hall–Kier alpha value is -1.90. The van der Waals surface area contributed by atoms with Gasteiger partial charge in [0.2, 0.25) is 0 Å². The zero-order valence-corrected chi connectivity index (χ0v) is 11.4. The summed E-state index contributed by atoms with van der Waals surface area (Å²) in [6, 6.07) is 12.7. The first kappa shape index (κ1) is 12.2. The van der Waals surface area contributed by atoms with E-state index in [1.807, 2.05) is 19.1 Å². The van der Waals surface area contributed by atoms with Crippen molar-refractivity contribution in [3.63, 3.8) is 0 Å². The summed E-state index contributed by atoms with van der Waals surface area (Å²) < 4.78 is 5.54. The molecule has 3 nitrogen and oxygen atoms in total. The van der Waals surface area contributed by atoms with E-state index in [-0.39, 0.29) is 0 Å². The largest absolute Gasteiger partial charge is 0.465 e. The summed E-state index contributed by atoms with van der Waals surface area (Å²) in [4.78, 5) is 2.44. The van der Waals surface area contributed by atoms with Crippen LogP contribution in [-0.2, 0) is 6.54 Å². The van der Waals surface area contributed by atoms with Crippen molar-refractivity contribution in [1.29, 1.82) is 0 Å². The highest BCUT2D eigenvalue weighted by Crippen LogP contribution is 2.22.